The molecule has 5 nitrogen and oxygen atoms in total. The molecule has 3 rings (SSSR count). The number of carbonyl (C=O) groups excluding carboxylic acids is 1. The molecule has 28 heavy (non-hydrogen) atoms. The van der Waals surface area contributed by atoms with Gasteiger partial charge < -0.3 is 10.0 Å². The van der Waals surface area contributed by atoms with Gasteiger partial charge in [0.1, 0.15) is 5.82 Å². The predicted octanol–water partition coefficient (Wildman–Crippen LogP) is 3.21. The standard InChI is InChI=1S/C17H21FN2O.C2HF3O2/c1-2-9-20-16-8-10-19(15(16)6-7-17(20)21)12-13-4-3-5-14(18)11-13;3-2(4,5)1(6)7/h2-5,11,15-16H,1,6-10,12H2;(H,6,7)/t15-,16-;/m0./s1. The Morgan fingerprint density at radius 1 is 1.29 bits per heavy atom. The molecule has 0 bridgehead atoms. The van der Waals surface area contributed by atoms with E-state index in [1.165, 1.54) is 6.07 Å². The van der Waals surface area contributed by atoms with Crippen LogP contribution in [0.5, 0.6) is 0 Å². The molecule has 0 unspecified atom stereocenters. The summed E-state index contributed by atoms with van der Waals surface area (Å²) in [6, 6.07) is 7.48. The number of hydrogen-bond donors (Lipinski definition) is 1. The lowest BCUT2D eigenvalue weighted by atomic mass is 9.96. The van der Waals surface area contributed by atoms with Gasteiger partial charge >= 0.3 is 12.1 Å². The van der Waals surface area contributed by atoms with Gasteiger partial charge in [-0.05, 0) is 30.5 Å². The number of halogens is 4. The first kappa shape index (κ1) is 21.9. The maximum atomic E-state index is 13.3. The molecule has 2 heterocycles. The third-order valence-corrected chi connectivity index (χ3v) is 4.84. The first-order valence-corrected chi connectivity index (χ1v) is 8.82. The van der Waals surface area contributed by atoms with Crippen LogP contribution in [0.3, 0.4) is 0 Å². The van der Waals surface area contributed by atoms with E-state index in [1.54, 1.807) is 18.2 Å². The van der Waals surface area contributed by atoms with E-state index >= 15 is 0 Å². The number of carboxylic acids is 1. The van der Waals surface area contributed by atoms with Gasteiger partial charge in [-0.1, -0.05) is 18.2 Å². The van der Waals surface area contributed by atoms with Crippen molar-refractivity contribution in [2.45, 2.75) is 44.1 Å². The molecular formula is C19H22F4N2O3. The van der Waals surface area contributed by atoms with Crippen molar-refractivity contribution in [3.63, 3.8) is 0 Å². The van der Waals surface area contributed by atoms with Crippen molar-refractivity contribution in [1.82, 2.24) is 9.80 Å². The number of fused-ring (bicyclic) bond motifs is 1. The highest BCUT2D eigenvalue weighted by Crippen LogP contribution is 2.32. The number of hydrogen-bond acceptors (Lipinski definition) is 3. The average Bonchev–Trinajstić information content (AvgIpc) is 3.00. The Bertz CT molecular complexity index is 723. The molecule has 2 aliphatic rings. The molecule has 1 aromatic rings. The van der Waals surface area contributed by atoms with Crippen LogP contribution in [0.25, 0.3) is 0 Å². The summed E-state index contributed by atoms with van der Waals surface area (Å²) >= 11 is 0. The number of carbonyl (C=O) groups is 2. The molecular weight excluding hydrogens is 380 g/mol. The number of piperidine rings is 1. The number of amides is 1. The van der Waals surface area contributed by atoms with E-state index in [2.05, 4.69) is 11.5 Å². The predicted molar refractivity (Wildman–Crippen MR) is 93.8 cm³/mol. The van der Waals surface area contributed by atoms with Gasteiger partial charge in [-0.25, -0.2) is 9.18 Å². The number of likely N-dealkylation sites (tertiary alicyclic amines) is 2. The molecule has 2 atom stereocenters. The number of nitrogens with zero attached hydrogens (tertiary/aromatic N) is 2. The van der Waals surface area contributed by atoms with Crippen LogP contribution in [0, 0.1) is 5.82 Å². The van der Waals surface area contributed by atoms with Crippen molar-refractivity contribution in [2.75, 3.05) is 13.1 Å². The molecule has 1 amide bonds. The number of alkyl halides is 3. The zero-order valence-electron chi connectivity index (χ0n) is 15.2. The second-order valence-corrected chi connectivity index (χ2v) is 6.70. The fraction of sp³-hybridized carbons (Fsp3) is 0.474. The minimum atomic E-state index is -5.08. The quantitative estimate of drug-likeness (QED) is 0.621. The van der Waals surface area contributed by atoms with Crippen molar-refractivity contribution < 1.29 is 32.3 Å². The van der Waals surface area contributed by atoms with Gasteiger partial charge in [0.15, 0.2) is 0 Å². The summed E-state index contributed by atoms with van der Waals surface area (Å²) < 4.78 is 45.0. The third-order valence-electron chi connectivity index (χ3n) is 4.84. The van der Waals surface area contributed by atoms with Crippen LogP contribution < -0.4 is 0 Å². The number of rotatable bonds is 4. The highest BCUT2D eigenvalue weighted by Gasteiger charge is 2.42. The maximum Gasteiger partial charge on any atom is 0.490 e. The van der Waals surface area contributed by atoms with Crippen molar-refractivity contribution in [1.29, 1.82) is 0 Å². The Morgan fingerprint density at radius 2 is 1.96 bits per heavy atom. The Kier molecular flexibility index (Phi) is 7.17. The normalized spacial score (nSPS) is 22.3. The highest BCUT2D eigenvalue weighted by molar-refractivity contribution is 5.78. The van der Waals surface area contributed by atoms with Gasteiger partial charge in [-0.15, -0.1) is 6.58 Å². The van der Waals surface area contributed by atoms with Crippen molar-refractivity contribution in [2.24, 2.45) is 0 Å². The van der Waals surface area contributed by atoms with Crippen LogP contribution in [0.4, 0.5) is 17.6 Å². The molecule has 0 saturated carbocycles. The van der Waals surface area contributed by atoms with Gasteiger partial charge in [0, 0.05) is 38.1 Å². The molecule has 1 N–H and O–H groups in total. The number of benzene rings is 1. The van der Waals surface area contributed by atoms with Crippen LogP contribution >= 0.6 is 0 Å². The summed E-state index contributed by atoms with van der Waals surface area (Å²) in [4.78, 5) is 25.3. The molecule has 2 aliphatic heterocycles. The summed E-state index contributed by atoms with van der Waals surface area (Å²) in [6.45, 7) is 6.11. The van der Waals surface area contributed by atoms with Gasteiger partial charge in [-0.2, -0.15) is 13.2 Å². The second kappa shape index (κ2) is 9.18. The Labute approximate surface area is 160 Å². The fourth-order valence-electron chi connectivity index (χ4n) is 3.68. The van der Waals surface area contributed by atoms with Crippen LogP contribution in [-0.4, -0.2) is 58.1 Å². The highest BCUT2D eigenvalue weighted by atomic mass is 19.4. The average molecular weight is 402 g/mol. The monoisotopic (exact) mass is 402 g/mol. The lowest BCUT2D eigenvalue weighted by molar-refractivity contribution is -0.192. The summed E-state index contributed by atoms with van der Waals surface area (Å²) in [5, 5.41) is 7.12. The molecule has 2 fully saturated rings. The summed E-state index contributed by atoms with van der Waals surface area (Å²) in [7, 11) is 0. The Hall–Kier alpha value is -2.42. The van der Waals surface area contributed by atoms with Crippen molar-refractivity contribution in [3.8, 4) is 0 Å². The molecule has 0 aliphatic carbocycles. The third kappa shape index (κ3) is 5.54. The summed E-state index contributed by atoms with van der Waals surface area (Å²) in [6.07, 6.45) is -0.768. The van der Waals surface area contributed by atoms with E-state index in [0.717, 1.165) is 31.5 Å². The van der Waals surface area contributed by atoms with Crippen LogP contribution in [0.2, 0.25) is 0 Å². The van der Waals surface area contributed by atoms with E-state index in [4.69, 9.17) is 9.90 Å². The first-order valence-electron chi connectivity index (χ1n) is 8.82. The summed E-state index contributed by atoms with van der Waals surface area (Å²) in [5.74, 6) is -2.70. The maximum absolute atomic E-state index is 13.3. The Balaban J connectivity index is 0.000000345. The van der Waals surface area contributed by atoms with Crippen LogP contribution in [0.1, 0.15) is 24.8 Å². The first-order chi connectivity index (χ1) is 13.1. The molecule has 154 valence electrons. The van der Waals surface area contributed by atoms with E-state index in [0.29, 0.717) is 19.0 Å². The molecule has 1 aromatic carbocycles. The van der Waals surface area contributed by atoms with Gasteiger partial charge in [0.05, 0.1) is 0 Å². The second-order valence-electron chi connectivity index (χ2n) is 6.70. The minimum absolute atomic E-state index is 0.185. The van der Waals surface area contributed by atoms with Gasteiger partial charge in [-0.3, -0.25) is 9.69 Å². The molecule has 0 spiro atoms. The van der Waals surface area contributed by atoms with Crippen LogP contribution in [0.15, 0.2) is 36.9 Å². The van der Waals surface area contributed by atoms with E-state index < -0.39 is 12.1 Å². The fourth-order valence-corrected chi connectivity index (χ4v) is 3.68. The summed E-state index contributed by atoms with van der Waals surface area (Å²) in [5.41, 5.74) is 1.00. The lowest BCUT2D eigenvalue weighted by Gasteiger charge is -2.39. The molecule has 0 radical (unpaired) electrons. The molecule has 0 aromatic heterocycles. The van der Waals surface area contributed by atoms with Gasteiger partial charge in [0.2, 0.25) is 5.91 Å². The van der Waals surface area contributed by atoms with Gasteiger partial charge in [0.25, 0.3) is 0 Å². The molecule has 2 saturated heterocycles. The van der Waals surface area contributed by atoms with Crippen molar-refractivity contribution >= 4 is 11.9 Å². The van der Waals surface area contributed by atoms with Crippen LogP contribution in [-0.2, 0) is 16.1 Å². The largest absolute Gasteiger partial charge is 0.490 e. The van der Waals surface area contributed by atoms with E-state index in [9.17, 15) is 22.4 Å². The van der Waals surface area contributed by atoms with Crippen molar-refractivity contribution in [3.05, 3.63) is 48.3 Å². The SMILES string of the molecule is C=CCN1C(=O)CC[C@H]2[C@@H]1CCN2Cc1cccc(F)c1.O=C(O)C(F)(F)F. The van der Waals surface area contributed by atoms with E-state index in [-0.39, 0.29) is 17.8 Å². The Morgan fingerprint density at radius 3 is 2.54 bits per heavy atom. The number of aliphatic carboxylic acids is 1. The zero-order valence-corrected chi connectivity index (χ0v) is 15.2. The van der Waals surface area contributed by atoms with E-state index in [1.807, 2.05) is 11.0 Å². The minimum Gasteiger partial charge on any atom is -0.475 e. The topological polar surface area (TPSA) is 60.9 Å². The smallest absolute Gasteiger partial charge is 0.475 e. The zero-order chi connectivity index (χ0) is 20.9. The number of carboxylic acid groups (broad SMARTS) is 1. The molecule has 9 heteroatoms. The lowest BCUT2D eigenvalue weighted by Crippen LogP contribution is -2.52.